The van der Waals surface area contributed by atoms with Crippen LogP contribution in [0.1, 0.15) is 52.2 Å². The van der Waals surface area contributed by atoms with Crippen molar-refractivity contribution in [2.24, 2.45) is 5.92 Å². The maximum absolute atomic E-state index is 14.4. The van der Waals surface area contributed by atoms with Crippen LogP contribution in [0.2, 0.25) is 0 Å². The number of esters is 1. The first kappa shape index (κ1) is 25.5. The van der Waals surface area contributed by atoms with Crippen LogP contribution < -0.4 is 4.74 Å². The van der Waals surface area contributed by atoms with E-state index in [9.17, 15) is 18.8 Å². The van der Waals surface area contributed by atoms with Crippen molar-refractivity contribution in [2.75, 3.05) is 6.54 Å². The molecule has 0 spiro atoms. The van der Waals surface area contributed by atoms with E-state index in [2.05, 4.69) is 4.90 Å². The molecule has 1 atom stereocenters. The normalized spacial score (nSPS) is 15.7. The summed E-state index contributed by atoms with van der Waals surface area (Å²) in [6.45, 7) is 2.63. The van der Waals surface area contributed by atoms with E-state index in [-0.39, 0.29) is 34.8 Å². The van der Waals surface area contributed by atoms with Crippen molar-refractivity contribution in [1.82, 2.24) is 4.90 Å². The summed E-state index contributed by atoms with van der Waals surface area (Å²) in [6, 6.07) is 13.7. The van der Waals surface area contributed by atoms with Gasteiger partial charge >= 0.3 is 11.9 Å². The Labute approximate surface area is 211 Å². The Bertz CT molecular complexity index is 1280. The predicted molar refractivity (Wildman–Crippen MR) is 132 cm³/mol. The largest absolute Gasteiger partial charge is 0.507 e. The lowest BCUT2D eigenvalue weighted by molar-refractivity contribution is -0.131. The van der Waals surface area contributed by atoms with Gasteiger partial charge in [0.05, 0.1) is 6.04 Å². The molecule has 7 nitrogen and oxygen atoms in total. The van der Waals surface area contributed by atoms with Crippen molar-refractivity contribution in [3.8, 4) is 10.8 Å². The Morgan fingerprint density at radius 1 is 1.11 bits per heavy atom. The molecule has 1 saturated carbocycles. The quantitative estimate of drug-likeness (QED) is 0.450. The summed E-state index contributed by atoms with van der Waals surface area (Å²) in [5, 5.41) is 17.9. The van der Waals surface area contributed by atoms with Crippen molar-refractivity contribution in [3.05, 3.63) is 82.0 Å². The molecule has 1 aromatic heterocycles. The molecule has 188 valence electrons. The number of halogens is 1. The number of benzene rings is 2. The number of carbonyl (C=O) groups excluding carboxylic acids is 2. The van der Waals surface area contributed by atoms with Crippen molar-refractivity contribution >= 4 is 29.1 Å². The van der Waals surface area contributed by atoms with Crippen molar-refractivity contribution in [1.29, 1.82) is 0 Å². The number of ether oxygens (including phenoxy) is 1. The number of carboxylic acid groups (broad SMARTS) is 1. The third-order valence-corrected chi connectivity index (χ3v) is 7.18. The molecule has 0 saturated heterocycles. The number of fused-ring (bicyclic) bond motifs is 1. The van der Waals surface area contributed by atoms with Gasteiger partial charge in [0, 0.05) is 36.4 Å². The molecular formula is C27H26FNO6S. The van der Waals surface area contributed by atoms with E-state index in [0.29, 0.717) is 23.7 Å². The van der Waals surface area contributed by atoms with Crippen LogP contribution in [0.4, 0.5) is 4.39 Å². The molecule has 0 radical (unpaired) electrons. The fourth-order valence-corrected chi connectivity index (χ4v) is 5.26. The van der Waals surface area contributed by atoms with E-state index in [4.69, 9.17) is 14.9 Å². The number of rotatable bonds is 6. The summed E-state index contributed by atoms with van der Waals surface area (Å²) in [5.41, 5.74) is 1.45. The molecular weight excluding hydrogens is 485 g/mol. The summed E-state index contributed by atoms with van der Waals surface area (Å²) < 4.78 is 19.6. The first-order valence-corrected chi connectivity index (χ1v) is 12.4. The van der Waals surface area contributed by atoms with Crippen LogP contribution in [-0.2, 0) is 22.6 Å². The summed E-state index contributed by atoms with van der Waals surface area (Å²) in [7, 11) is 0. The van der Waals surface area contributed by atoms with Gasteiger partial charge in [0.25, 0.3) is 0 Å². The third kappa shape index (κ3) is 5.98. The average molecular weight is 512 g/mol. The average Bonchev–Trinajstić information content (AvgIpc) is 3.61. The van der Waals surface area contributed by atoms with Crippen molar-refractivity contribution in [3.63, 3.8) is 0 Å². The number of nitrogens with zero attached hydrogens (tertiary/aromatic N) is 1. The maximum Gasteiger partial charge on any atom is 0.339 e. The summed E-state index contributed by atoms with van der Waals surface area (Å²) >= 11 is 1.47. The number of hydrogen-bond acceptors (Lipinski definition) is 7. The Hall–Kier alpha value is -3.56. The topological polar surface area (TPSA) is 104 Å². The number of carbonyl (C=O) groups is 3. The van der Waals surface area contributed by atoms with Gasteiger partial charge in [-0.15, -0.1) is 11.3 Å². The summed E-state index contributed by atoms with van der Waals surface area (Å²) in [5.74, 6) is -1.81. The van der Waals surface area contributed by atoms with E-state index >= 15 is 0 Å². The molecule has 2 aliphatic rings. The van der Waals surface area contributed by atoms with E-state index < -0.39 is 12.0 Å². The Kier molecular flexibility index (Phi) is 7.81. The van der Waals surface area contributed by atoms with Gasteiger partial charge in [0.15, 0.2) is 10.8 Å². The van der Waals surface area contributed by atoms with E-state index in [0.717, 1.165) is 24.8 Å². The predicted octanol–water partition coefficient (Wildman–Crippen LogP) is 4.98. The molecule has 1 aliphatic carbocycles. The highest BCUT2D eigenvalue weighted by Crippen LogP contribution is 2.41. The summed E-state index contributed by atoms with van der Waals surface area (Å²) in [6.07, 6.45) is 2.57. The Morgan fingerprint density at radius 3 is 2.42 bits per heavy atom. The molecule has 2 aromatic carbocycles. The molecule has 2 N–H and O–H groups in total. The van der Waals surface area contributed by atoms with Crippen LogP contribution >= 0.6 is 11.3 Å². The Morgan fingerprint density at radius 2 is 1.81 bits per heavy atom. The fraction of sp³-hybridized carbons (Fsp3) is 0.296. The standard InChI is InChI=1S/C20H20FNO3S.C7H6O3/c1-12(23)25-18-10-14-11-22(9-8-17(14)26-18)19(20(24)13-6-7-13)15-4-2-3-5-16(15)21;8-6-4-2-1-3-5(6)7(9)10/h2-5,10,13,19H,6-9,11H2,1H3;1-4,8H,(H,9,10). The number of carboxylic acids is 1. The van der Waals surface area contributed by atoms with Gasteiger partial charge in [0.1, 0.15) is 17.1 Å². The highest BCUT2D eigenvalue weighted by Gasteiger charge is 2.40. The van der Waals surface area contributed by atoms with Crippen LogP contribution in [0.3, 0.4) is 0 Å². The molecule has 1 unspecified atom stereocenters. The SMILES string of the molecule is CC(=O)Oc1cc2c(s1)CCN(C(C(=O)C1CC1)c1ccccc1F)C2.O=C(O)c1ccccc1O. The van der Waals surface area contributed by atoms with Crippen molar-refractivity contribution < 1.29 is 33.7 Å². The zero-order chi connectivity index (χ0) is 25.8. The lowest BCUT2D eigenvalue weighted by Crippen LogP contribution is -2.38. The van der Waals surface area contributed by atoms with Crippen LogP contribution in [0.15, 0.2) is 54.6 Å². The number of aromatic hydroxyl groups is 1. The molecule has 0 amide bonds. The molecule has 5 rings (SSSR count). The molecule has 3 aromatic rings. The number of aromatic carboxylic acids is 1. The molecule has 9 heteroatoms. The molecule has 36 heavy (non-hydrogen) atoms. The zero-order valence-corrected chi connectivity index (χ0v) is 20.5. The van der Waals surface area contributed by atoms with Gasteiger partial charge in [-0.25, -0.2) is 9.18 Å². The molecule has 1 fully saturated rings. The number of ketones is 1. The van der Waals surface area contributed by atoms with Gasteiger partial charge in [-0.3, -0.25) is 14.5 Å². The monoisotopic (exact) mass is 511 g/mol. The highest BCUT2D eigenvalue weighted by molar-refractivity contribution is 7.14. The second kappa shape index (κ2) is 11.0. The van der Waals surface area contributed by atoms with Gasteiger partial charge in [-0.1, -0.05) is 30.3 Å². The minimum absolute atomic E-state index is 0.0556. The highest BCUT2D eigenvalue weighted by atomic mass is 32.1. The van der Waals surface area contributed by atoms with Crippen LogP contribution in [-0.4, -0.2) is 39.4 Å². The zero-order valence-electron chi connectivity index (χ0n) is 19.6. The summed E-state index contributed by atoms with van der Waals surface area (Å²) in [4.78, 5) is 37.6. The first-order valence-electron chi connectivity index (χ1n) is 11.6. The van der Waals surface area contributed by atoms with Gasteiger partial charge < -0.3 is 14.9 Å². The Balaban J connectivity index is 0.000000256. The lowest BCUT2D eigenvalue weighted by Gasteiger charge is -2.34. The number of hydrogen-bond donors (Lipinski definition) is 2. The number of Topliss-reactive ketones (excluding diaryl/α,β-unsaturated/α-hetero) is 1. The second-order valence-corrected chi connectivity index (χ2v) is 9.85. The first-order chi connectivity index (χ1) is 17.2. The van der Waals surface area contributed by atoms with E-state index in [1.807, 2.05) is 6.07 Å². The van der Waals surface area contributed by atoms with E-state index in [1.165, 1.54) is 41.3 Å². The van der Waals surface area contributed by atoms with Crippen molar-refractivity contribution in [2.45, 2.75) is 38.8 Å². The van der Waals surface area contributed by atoms with Crippen LogP contribution in [0, 0.1) is 11.7 Å². The van der Waals surface area contributed by atoms with Crippen LogP contribution in [0.25, 0.3) is 0 Å². The van der Waals surface area contributed by atoms with Gasteiger partial charge in [-0.2, -0.15) is 0 Å². The maximum atomic E-state index is 14.4. The van der Waals surface area contributed by atoms with Gasteiger partial charge in [-0.05, 0) is 49.1 Å². The van der Waals surface area contributed by atoms with Gasteiger partial charge in [0.2, 0.25) is 0 Å². The molecule has 0 bridgehead atoms. The smallest absolute Gasteiger partial charge is 0.339 e. The minimum Gasteiger partial charge on any atom is -0.507 e. The second-order valence-electron chi connectivity index (χ2n) is 8.75. The van der Waals surface area contributed by atoms with Crippen LogP contribution in [0.5, 0.6) is 10.8 Å². The number of para-hydroxylation sites is 1. The third-order valence-electron chi connectivity index (χ3n) is 6.07. The number of phenols is 1. The minimum atomic E-state index is -1.11. The molecule has 1 aliphatic heterocycles. The lowest BCUT2D eigenvalue weighted by atomic mass is 9.95. The fourth-order valence-electron chi connectivity index (χ4n) is 4.21. The van der Waals surface area contributed by atoms with E-state index in [1.54, 1.807) is 30.3 Å². The number of thiophene rings is 1. The molecule has 2 heterocycles.